The van der Waals surface area contributed by atoms with Crippen LogP contribution in [0.5, 0.6) is 0 Å². The first-order valence-electron chi connectivity index (χ1n) is 10.1. The molecular formula is C23H25FN4OS. The molecule has 1 fully saturated rings. The minimum absolute atomic E-state index is 0.0557. The van der Waals surface area contributed by atoms with E-state index in [2.05, 4.69) is 10.3 Å². The molecule has 1 saturated heterocycles. The van der Waals surface area contributed by atoms with Gasteiger partial charge in [0, 0.05) is 36.6 Å². The quantitative estimate of drug-likeness (QED) is 0.664. The molecule has 5 nitrogen and oxygen atoms in total. The molecule has 0 atom stereocenters. The third-order valence-electron chi connectivity index (χ3n) is 5.34. The molecule has 7 heteroatoms. The first kappa shape index (κ1) is 20.5. The molecule has 1 aliphatic heterocycles. The van der Waals surface area contributed by atoms with Crippen molar-refractivity contribution in [3.05, 3.63) is 76.0 Å². The molecule has 1 aromatic heterocycles. The fraction of sp³-hybridized carbons (Fsp3) is 0.304. The zero-order valence-electron chi connectivity index (χ0n) is 17.2. The van der Waals surface area contributed by atoms with Crippen LogP contribution < -0.4 is 10.2 Å². The molecule has 156 valence electrons. The van der Waals surface area contributed by atoms with E-state index in [4.69, 9.17) is 0 Å². The second-order valence-corrected chi connectivity index (χ2v) is 8.60. The molecule has 3 aromatic rings. The summed E-state index contributed by atoms with van der Waals surface area (Å²) in [6.07, 6.45) is 0. The molecule has 1 aliphatic rings. The predicted octanol–water partition coefficient (Wildman–Crippen LogP) is 4.28. The summed E-state index contributed by atoms with van der Waals surface area (Å²) in [7, 11) is 0. The Balaban J connectivity index is 1.58. The maximum absolute atomic E-state index is 14.6. The average molecular weight is 425 g/mol. The number of benzene rings is 2. The lowest BCUT2D eigenvalue weighted by molar-refractivity contribution is 0.0736. The number of nitrogens with zero attached hydrogens (tertiary/aromatic N) is 3. The van der Waals surface area contributed by atoms with Crippen molar-refractivity contribution in [2.24, 2.45) is 0 Å². The van der Waals surface area contributed by atoms with Gasteiger partial charge in [0.15, 0.2) is 5.13 Å². The van der Waals surface area contributed by atoms with Gasteiger partial charge in [0.1, 0.15) is 5.82 Å². The first-order valence-corrected chi connectivity index (χ1v) is 10.9. The number of hydrogen-bond acceptors (Lipinski definition) is 5. The van der Waals surface area contributed by atoms with Gasteiger partial charge < -0.3 is 15.1 Å². The summed E-state index contributed by atoms with van der Waals surface area (Å²) in [5.41, 5.74) is 3.11. The summed E-state index contributed by atoms with van der Waals surface area (Å²) in [4.78, 5) is 22.2. The number of halogens is 1. The zero-order chi connectivity index (χ0) is 21.1. The number of carbonyl (C=O) groups is 1. The van der Waals surface area contributed by atoms with Gasteiger partial charge in [-0.3, -0.25) is 4.79 Å². The van der Waals surface area contributed by atoms with E-state index in [9.17, 15) is 9.18 Å². The van der Waals surface area contributed by atoms with Crippen molar-refractivity contribution >= 4 is 28.1 Å². The Morgan fingerprint density at radius 3 is 2.47 bits per heavy atom. The Morgan fingerprint density at radius 1 is 1.13 bits per heavy atom. The number of thiazole rings is 1. The van der Waals surface area contributed by atoms with Crippen LogP contribution in [-0.2, 0) is 6.54 Å². The summed E-state index contributed by atoms with van der Waals surface area (Å²) in [5, 5.41) is 4.02. The highest BCUT2D eigenvalue weighted by Gasteiger charge is 2.20. The highest BCUT2D eigenvalue weighted by atomic mass is 32.1. The van der Waals surface area contributed by atoms with Crippen molar-refractivity contribution in [1.29, 1.82) is 0 Å². The fourth-order valence-electron chi connectivity index (χ4n) is 3.48. The van der Waals surface area contributed by atoms with E-state index in [1.54, 1.807) is 23.5 Å². The number of carbonyl (C=O) groups excluding carboxylic acids is 1. The molecular weight excluding hydrogens is 399 g/mol. The smallest absolute Gasteiger partial charge is 0.253 e. The van der Waals surface area contributed by atoms with Crippen molar-refractivity contribution in [3.63, 3.8) is 0 Å². The minimum atomic E-state index is -0.284. The number of anilines is 2. The number of amides is 1. The van der Waals surface area contributed by atoms with E-state index in [0.717, 1.165) is 47.4 Å². The van der Waals surface area contributed by atoms with Crippen LogP contribution in [-0.4, -0.2) is 42.0 Å². The predicted molar refractivity (Wildman–Crippen MR) is 119 cm³/mol. The monoisotopic (exact) mass is 424 g/mol. The highest BCUT2D eigenvalue weighted by Crippen LogP contribution is 2.34. The molecule has 0 saturated carbocycles. The summed E-state index contributed by atoms with van der Waals surface area (Å²) in [6, 6.07) is 14.3. The van der Waals surface area contributed by atoms with Crippen molar-refractivity contribution in [2.45, 2.75) is 20.4 Å². The molecule has 2 heterocycles. The molecule has 0 radical (unpaired) electrons. The number of piperazine rings is 1. The summed E-state index contributed by atoms with van der Waals surface area (Å²) >= 11 is 1.55. The maximum atomic E-state index is 14.6. The van der Waals surface area contributed by atoms with Gasteiger partial charge in [-0.25, -0.2) is 9.37 Å². The fourth-order valence-corrected chi connectivity index (χ4v) is 4.41. The van der Waals surface area contributed by atoms with Gasteiger partial charge in [0.25, 0.3) is 5.91 Å². The van der Waals surface area contributed by atoms with Gasteiger partial charge in [-0.15, -0.1) is 11.3 Å². The summed E-state index contributed by atoms with van der Waals surface area (Å²) < 4.78 is 14.6. The number of rotatable bonds is 5. The molecule has 0 unspecified atom stereocenters. The molecule has 0 spiro atoms. The third kappa shape index (κ3) is 4.37. The SMILES string of the molecule is Cc1nc(N(Cc2ccc(C(=O)N3CCNCC3)cc2)c2ccccc2F)sc1C. The largest absolute Gasteiger partial charge is 0.336 e. The van der Waals surface area contributed by atoms with Crippen molar-refractivity contribution < 1.29 is 9.18 Å². The van der Waals surface area contributed by atoms with E-state index < -0.39 is 0 Å². The summed E-state index contributed by atoms with van der Waals surface area (Å²) in [5.74, 6) is -0.228. The lowest BCUT2D eigenvalue weighted by atomic mass is 10.1. The number of nitrogens with one attached hydrogen (secondary N) is 1. The van der Waals surface area contributed by atoms with Crippen LogP contribution >= 0.6 is 11.3 Å². The molecule has 1 N–H and O–H groups in total. The number of para-hydroxylation sites is 1. The topological polar surface area (TPSA) is 48.5 Å². The number of hydrogen-bond donors (Lipinski definition) is 1. The van der Waals surface area contributed by atoms with Crippen LogP contribution in [0.2, 0.25) is 0 Å². The first-order chi connectivity index (χ1) is 14.5. The van der Waals surface area contributed by atoms with E-state index >= 15 is 0 Å². The van der Waals surface area contributed by atoms with Crippen LogP contribution in [0, 0.1) is 19.7 Å². The normalized spacial score (nSPS) is 14.0. The average Bonchev–Trinajstić information content (AvgIpc) is 3.11. The van der Waals surface area contributed by atoms with Crippen molar-refractivity contribution in [1.82, 2.24) is 15.2 Å². The van der Waals surface area contributed by atoms with E-state index in [1.165, 1.54) is 6.07 Å². The highest BCUT2D eigenvalue weighted by molar-refractivity contribution is 7.15. The van der Waals surface area contributed by atoms with Gasteiger partial charge in [0.2, 0.25) is 0 Å². The number of aromatic nitrogens is 1. The second kappa shape index (κ2) is 8.93. The molecule has 2 aromatic carbocycles. The number of aryl methyl sites for hydroxylation is 2. The Hall–Kier alpha value is -2.77. The lowest BCUT2D eigenvalue weighted by Gasteiger charge is -2.27. The van der Waals surface area contributed by atoms with Crippen molar-refractivity contribution in [3.8, 4) is 0 Å². The van der Waals surface area contributed by atoms with Gasteiger partial charge in [-0.2, -0.15) is 0 Å². The Kier molecular flexibility index (Phi) is 6.11. The van der Waals surface area contributed by atoms with Gasteiger partial charge in [0.05, 0.1) is 17.9 Å². The van der Waals surface area contributed by atoms with E-state index in [0.29, 0.717) is 17.8 Å². The Morgan fingerprint density at radius 2 is 1.83 bits per heavy atom. The van der Waals surface area contributed by atoms with E-state index in [-0.39, 0.29) is 11.7 Å². The molecule has 1 amide bonds. The van der Waals surface area contributed by atoms with Gasteiger partial charge in [-0.1, -0.05) is 24.3 Å². The molecule has 0 bridgehead atoms. The van der Waals surface area contributed by atoms with E-state index in [1.807, 2.05) is 54.0 Å². The van der Waals surface area contributed by atoms with Crippen molar-refractivity contribution in [2.75, 3.05) is 31.1 Å². The molecule has 30 heavy (non-hydrogen) atoms. The molecule has 0 aliphatic carbocycles. The van der Waals surface area contributed by atoms with Crippen LogP contribution in [0.3, 0.4) is 0 Å². The van der Waals surface area contributed by atoms with Gasteiger partial charge in [-0.05, 0) is 43.7 Å². The Bertz CT molecular complexity index is 1010. The summed E-state index contributed by atoms with van der Waals surface area (Å²) in [6.45, 7) is 7.56. The van der Waals surface area contributed by atoms with Crippen LogP contribution in [0.15, 0.2) is 48.5 Å². The lowest BCUT2D eigenvalue weighted by Crippen LogP contribution is -2.46. The van der Waals surface area contributed by atoms with Crippen LogP contribution in [0.4, 0.5) is 15.2 Å². The Labute approximate surface area is 180 Å². The standard InChI is InChI=1S/C23H25FN4OS/c1-16-17(2)30-23(26-16)28(21-6-4-3-5-20(21)24)15-18-7-9-19(10-8-18)22(29)27-13-11-25-12-14-27/h3-10,25H,11-15H2,1-2H3. The third-order valence-corrected chi connectivity index (χ3v) is 6.43. The second-order valence-electron chi connectivity index (χ2n) is 7.41. The van der Waals surface area contributed by atoms with Crippen LogP contribution in [0.25, 0.3) is 0 Å². The van der Waals surface area contributed by atoms with Gasteiger partial charge >= 0.3 is 0 Å². The minimum Gasteiger partial charge on any atom is -0.336 e. The maximum Gasteiger partial charge on any atom is 0.253 e. The van der Waals surface area contributed by atoms with Crippen LogP contribution in [0.1, 0.15) is 26.5 Å². The zero-order valence-corrected chi connectivity index (χ0v) is 18.0. The molecule has 4 rings (SSSR count).